The Labute approximate surface area is 103 Å². The van der Waals surface area contributed by atoms with Gasteiger partial charge in [0.25, 0.3) is 0 Å². The molecule has 1 heterocycles. The maximum Gasteiger partial charge on any atom is 0.122 e. The molecule has 3 N–H and O–H groups in total. The van der Waals surface area contributed by atoms with Crippen LogP contribution >= 0.6 is 23.1 Å². The molecular formula is C12H12N2S2. The van der Waals surface area contributed by atoms with Crippen LogP contribution in [0.3, 0.4) is 0 Å². The normalized spacial score (nSPS) is 10.2. The van der Waals surface area contributed by atoms with Crippen molar-refractivity contribution in [3.63, 3.8) is 0 Å². The molecule has 1 aromatic carbocycles. The topological polar surface area (TPSA) is 49.9 Å². The van der Waals surface area contributed by atoms with Crippen molar-refractivity contribution in [2.45, 2.75) is 9.96 Å². The number of nitrogens with two attached hydrogens (primary N) is 1. The molecule has 0 unspecified atom stereocenters. The molecule has 0 radical (unpaired) electrons. The molecule has 0 aliphatic carbocycles. The summed E-state index contributed by atoms with van der Waals surface area (Å²) in [7, 11) is 0. The van der Waals surface area contributed by atoms with E-state index in [0.717, 1.165) is 11.3 Å². The molecule has 0 saturated heterocycles. The summed E-state index contributed by atoms with van der Waals surface area (Å²) in [6.45, 7) is 0. The van der Waals surface area contributed by atoms with Gasteiger partial charge in [-0.25, -0.2) is 0 Å². The van der Waals surface area contributed by atoms with Crippen LogP contribution in [0.15, 0.2) is 46.0 Å². The first kappa shape index (κ1) is 11.2. The molecule has 0 aliphatic rings. The largest absolute Gasteiger partial charge is 0.384 e. The van der Waals surface area contributed by atoms with Crippen molar-refractivity contribution in [2.24, 2.45) is 5.73 Å². The highest BCUT2D eigenvalue weighted by Crippen LogP contribution is 2.26. The molecule has 2 aromatic rings. The van der Waals surface area contributed by atoms with Crippen LogP contribution in [0.1, 0.15) is 11.1 Å². The van der Waals surface area contributed by atoms with Crippen LogP contribution < -0.4 is 5.73 Å². The van der Waals surface area contributed by atoms with E-state index in [1.165, 1.54) is 9.77 Å². The quantitative estimate of drug-likeness (QED) is 0.495. The van der Waals surface area contributed by atoms with Crippen molar-refractivity contribution in [3.05, 3.63) is 52.9 Å². The molecule has 2 nitrogen and oxygen atoms in total. The average molecular weight is 248 g/mol. The fraction of sp³-hybridized carbons (Fsp3) is 0.0833. The van der Waals surface area contributed by atoms with E-state index in [9.17, 15) is 0 Å². The zero-order chi connectivity index (χ0) is 11.4. The summed E-state index contributed by atoms with van der Waals surface area (Å²) in [6.07, 6.45) is 0. The number of nitrogens with one attached hydrogen (secondary N) is 1. The lowest BCUT2D eigenvalue weighted by molar-refractivity contribution is 1.37. The predicted octanol–water partition coefficient (Wildman–Crippen LogP) is 3.32. The monoisotopic (exact) mass is 248 g/mol. The zero-order valence-corrected chi connectivity index (χ0v) is 10.3. The Hall–Kier alpha value is -1.26. The molecular weight excluding hydrogens is 236 g/mol. The van der Waals surface area contributed by atoms with Gasteiger partial charge in [-0.05, 0) is 17.0 Å². The van der Waals surface area contributed by atoms with E-state index >= 15 is 0 Å². The molecule has 1 aromatic heterocycles. The van der Waals surface area contributed by atoms with E-state index in [1.54, 1.807) is 11.3 Å². The van der Waals surface area contributed by atoms with Crippen molar-refractivity contribution in [3.8, 4) is 0 Å². The molecule has 0 amide bonds. The highest BCUT2D eigenvalue weighted by atomic mass is 32.2. The summed E-state index contributed by atoms with van der Waals surface area (Å²) in [4.78, 5) is 0. The maximum absolute atomic E-state index is 7.30. The Morgan fingerprint density at radius 1 is 1.25 bits per heavy atom. The molecule has 82 valence electrons. The minimum Gasteiger partial charge on any atom is -0.384 e. The van der Waals surface area contributed by atoms with Crippen LogP contribution in [-0.2, 0) is 5.75 Å². The maximum atomic E-state index is 7.30. The summed E-state index contributed by atoms with van der Waals surface area (Å²) in [5.41, 5.74) is 7.43. The fourth-order valence-electron chi connectivity index (χ4n) is 1.28. The highest BCUT2D eigenvalue weighted by molar-refractivity contribution is 8.00. The Bertz CT molecular complexity index is 460. The lowest BCUT2D eigenvalue weighted by Crippen LogP contribution is -2.10. The van der Waals surface area contributed by atoms with Crippen LogP contribution in [0.2, 0.25) is 0 Å². The van der Waals surface area contributed by atoms with Gasteiger partial charge in [-0.15, -0.1) is 23.1 Å². The van der Waals surface area contributed by atoms with Crippen molar-refractivity contribution in [2.75, 3.05) is 0 Å². The Balaban J connectivity index is 1.98. The van der Waals surface area contributed by atoms with Gasteiger partial charge in [0.1, 0.15) is 5.84 Å². The minimum atomic E-state index is 0.123. The van der Waals surface area contributed by atoms with E-state index in [0.29, 0.717) is 0 Å². The number of thioether (sulfide) groups is 1. The first-order valence-corrected chi connectivity index (χ1v) is 6.72. The second-order valence-electron chi connectivity index (χ2n) is 3.33. The molecule has 16 heavy (non-hydrogen) atoms. The van der Waals surface area contributed by atoms with E-state index in [2.05, 4.69) is 17.5 Å². The van der Waals surface area contributed by atoms with Crippen molar-refractivity contribution >= 4 is 28.9 Å². The predicted molar refractivity (Wildman–Crippen MR) is 71.3 cm³/mol. The van der Waals surface area contributed by atoms with Crippen molar-refractivity contribution in [1.82, 2.24) is 0 Å². The van der Waals surface area contributed by atoms with Crippen molar-refractivity contribution < 1.29 is 0 Å². The minimum absolute atomic E-state index is 0.123. The Morgan fingerprint density at radius 2 is 2.00 bits per heavy atom. The summed E-state index contributed by atoms with van der Waals surface area (Å²) in [5.74, 6) is 1.08. The van der Waals surface area contributed by atoms with Crippen molar-refractivity contribution in [1.29, 1.82) is 5.41 Å². The molecule has 0 saturated carbocycles. The summed E-state index contributed by atoms with van der Waals surface area (Å²) in [5, 5.41) is 9.38. The Kier molecular flexibility index (Phi) is 3.64. The summed E-state index contributed by atoms with van der Waals surface area (Å²) >= 11 is 3.59. The first-order valence-electron chi connectivity index (χ1n) is 4.85. The number of hydrogen-bond donors (Lipinski definition) is 2. The number of nitrogen functional groups attached to an aromatic ring is 1. The van der Waals surface area contributed by atoms with Gasteiger partial charge < -0.3 is 5.73 Å². The molecule has 0 atom stereocenters. The fourth-order valence-corrected chi connectivity index (χ4v) is 3.02. The van der Waals surface area contributed by atoms with E-state index in [4.69, 9.17) is 11.1 Å². The van der Waals surface area contributed by atoms with E-state index < -0.39 is 0 Å². The van der Waals surface area contributed by atoms with Gasteiger partial charge in [-0.1, -0.05) is 30.3 Å². The Morgan fingerprint density at radius 3 is 2.56 bits per heavy atom. The molecule has 2 rings (SSSR count). The van der Waals surface area contributed by atoms with Gasteiger partial charge in [-0.3, -0.25) is 5.41 Å². The van der Waals surface area contributed by atoms with Gasteiger partial charge >= 0.3 is 0 Å². The summed E-state index contributed by atoms with van der Waals surface area (Å²) < 4.78 is 1.33. The van der Waals surface area contributed by atoms with Gasteiger partial charge in [-0.2, -0.15) is 0 Å². The van der Waals surface area contributed by atoms with Crippen LogP contribution in [0.5, 0.6) is 0 Å². The van der Waals surface area contributed by atoms with Gasteiger partial charge in [0.05, 0.1) is 4.21 Å². The van der Waals surface area contributed by atoms with E-state index in [1.807, 2.05) is 36.0 Å². The second kappa shape index (κ2) is 5.18. The van der Waals surface area contributed by atoms with Gasteiger partial charge in [0, 0.05) is 11.3 Å². The third-order valence-corrected chi connectivity index (χ3v) is 4.34. The standard InChI is InChI=1S/C12H12N2S2/c13-12(14)10-5-3-9(4-6-10)8-16-11-2-1-7-15-11/h1-7H,8H2,(H3,13,14). The lowest BCUT2D eigenvalue weighted by Gasteiger charge is -2.02. The third-order valence-electron chi connectivity index (χ3n) is 2.14. The van der Waals surface area contributed by atoms with Crippen LogP contribution in [-0.4, -0.2) is 5.84 Å². The second-order valence-corrected chi connectivity index (χ2v) is 5.55. The van der Waals surface area contributed by atoms with Crippen LogP contribution in [0.25, 0.3) is 0 Å². The number of rotatable bonds is 4. The van der Waals surface area contributed by atoms with E-state index in [-0.39, 0.29) is 5.84 Å². The average Bonchev–Trinajstić information content (AvgIpc) is 2.80. The number of benzene rings is 1. The molecule has 0 bridgehead atoms. The van der Waals surface area contributed by atoms with Crippen LogP contribution in [0.4, 0.5) is 0 Å². The molecule has 0 aliphatic heterocycles. The van der Waals surface area contributed by atoms with Gasteiger partial charge in [0.15, 0.2) is 0 Å². The molecule has 0 fully saturated rings. The van der Waals surface area contributed by atoms with Gasteiger partial charge in [0.2, 0.25) is 0 Å². The third kappa shape index (κ3) is 2.87. The first-order chi connectivity index (χ1) is 7.75. The smallest absolute Gasteiger partial charge is 0.122 e. The highest BCUT2D eigenvalue weighted by Gasteiger charge is 1.99. The SMILES string of the molecule is N=C(N)c1ccc(CSc2cccs2)cc1. The zero-order valence-electron chi connectivity index (χ0n) is 8.64. The molecule has 0 spiro atoms. The summed E-state index contributed by atoms with van der Waals surface area (Å²) in [6, 6.07) is 12.0. The number of hydrogen-bond acceptors (Lipinski definition) is 3. The van der Waals surface area contributed by atoms with Crippen LogP contribution in [0, 0.1) is 5.41 Å². The lowest BCUT2D eigenvalue weighted by atomic mass is 10.1. The number of amidine groups is 1. The molecule has 4 heteroatoms. The number of thiophene rings is 1.